The van der Waals surface area contributed by atoms with E-state index < -0.39 is 9.58 Å². The van der Waals surface area contributed by atoms with E-state index in [1.807, 2.05) is 0 Å². The number of alkyl halides is 3. The van der Waals surface area contributed by atoms with E-state index in [-0.39, 0.29) is 35.5 Å². The molecule has 1 saturated heterocycles. The molecule has 1 saturated carbocycles. The Bertz CT molecular complexity index is 533. The molecule has 27 heavy (non-hydrogen) atoms. The zero-order chi connectivity index (χ0) is 19.7. The van der Waals surface area contributed by atoms with Crippen molar-refractivity contribution in [2.24, 2.45) is 4.99 Å². The number of aliphatic imine (C=N–C) groups is 1. The molecule has 5 atom stereocenters. The number of thioether (sulfide) groups is 1. The maximum absolute atomic E-state index is 6.64. The van der Waals surface area contributed by atoms with Gasteiger partial charge in [-0.05, 0) is 19.1 Å². The van der Waals surface area contributed by atoms with Crippen molar-refractivity contribution in [1.29, 1.82) is 0 Å². The third-order valence-corrected chi connectivity index (χ3v) is 7.27. The van der Waals surface area contributed by atoms with Crippen LogP contribution in [0.1, 0.15) is 65.2 Å². The summed E-state index contributed by atoms with van der Waals surface area (Å²) in [5, 5.41) is 0.143. The predicted octanol–water partition coefficient (Wildman–Crippen LogP) is 5.91. The largest absolute Gasteiger partial charge is 0.469 e. The Balaban J connectivity index is 1.75. The van der Waals surface area contributed by atoms with Gasteiger partial charge in [0.2, 0.25) is 5.90 Å². The Morgan fingerprint density at radius 3 is 2.07 bits per heavy atom. The highest BCUT2D eigenvalue weighted by molar-refractivity contribution is 7.99. The summed E-state index contributed by atoms with van der Waals surface area (Å²) >= 11 is 19.8. The molecule has 0 aromatic heterocycles. The van der Waals surface area contributed by atoms with Crippen molar-refractivity contribution in [1.82, 2.24) is 0 Å². The van der Waals surface area contributed by atoms with Crippen molar-refractivity contribution in [3.63, 3.8) is 0 Å². The number of hydrogen-bond donors (Lipinski definition) is 0. The number of hydrogen-bond acceptors (Lipinski definition) is 5. The molecule has 156 valence electrons. The van der Waals surface area contributed by atoms with E-state index in [1.54, 1.807) is 11.8 Å². The first-order valence-corrected chi connectivity index (χ1v) is 12.5. The van der Waals surface area contributed by atoms with Crippen molar-refractivity contribution < 1.29 is 14.2 Å². The van der Waals surface area contributed by atoms with E-state index >= 15 is 0 Å². The van der Waals surface area contributed by atoms with Crippen LogP contribution < -0.4 is 0 Å². The normalized spacial score (nSPS) is 34.3. The Morgan fingerprint density at radius 1 is 0.963 bits per heavy atom. The SMILES string of the molecule is CCCCCC1(CCCCC)O[C@@H]2[C@@H]3OC(C(Cl)(Cl)Cl)=N[C@@H]3[C@@H](SC)[C@@H]2O1. The molecule has 0 N–H and O–H groups in total. The quantitative estimate of drug-likeness (QED) is 0.318. The first-order chi connectivity index (χ1) is 12.8. The van der Waals surface area contributed by atoms with Crippen LogP contribution in [0.3, 0.4) is 0 Å². The summed E-state index contributed by atoms with van der Waals surface area (Å²) in [6.07, 6.45) is 10.4. The lowest BCUT2D eigenvalue weighted by Crippen LogP contribution is -2.38. The molecule has 3 aliphatic rings. The Hall–Kier alpha value is 0.610. The van der Waals surface area contributed by atoms with Gasteiger partial charge in [0.15, 0.2) is 11.9 Å². The van der Waals surface area contributed by atoms with Crippen LogP contribution in [0.15, 0.2) is 4.99 Å². The van der Waals surface area contributed by atoms with Crippen LogP contribution in [0.2, 0.25) is 0 Å². The second-order valence-corrected chi connectivity index (χ2v) is 11.0. The van der Waals surface area contributed by atoms with E-state index in [2.05, 4.69) is 25.1 Å². The van der Waals surface area contributed by atoms with Gasteiger partial charge in [0.05, 0.1) is 5.25 Å². The number of rotatable bonds is 9. The molecular formula is C19H30Cl3NO3S. The minimum Gasteiger partial charge on any atom is -0.469 e. The summed E-state index contributed by atoms with van der Waals surface area (Å²) in [6.45, 7) is 4.43. The zero-order valence-corrected chi connectivity index (χ0v) is 19.3. The fourth-order valence-electron chi connectivity index (χ4n) is 4.38. The summed E-state index contributed by atoms with van der Waals surface area (Å²) in [4.78, 5) is 4.57. The fourth-order valence-corrected chi connectivity index (χ4v) is 5.64. The molecular weight excluding hydrogens is 429 g/mol. The van der Waals surface area contributed by atoms with Crippen molar-refractivity contribution in [2.75, 3.05) is 6.26 Å². The molecule has 1 aliphatic carbocycles. The second kappa shape index (κ2) is 9.18. The second-order valence-electron chi connectivity index (χ2n) is 7.70. The minimum absolute atomic E-state index is 0.0288. The van der Waals surface area contributed by atoms with Crippen molar-refractivity contribution in [3.05, 3.63) is 0 Å². The van der Waals surface area contributed by atoms with Gasteiger partial charge in [-0.3, -0.25) is 0 Å². The monoisotopic (exact) mass is 457 g/mol. The number of nitrogens with zero attached hydrogens (tertiary/aromatic N) is 1. The summed E-state index contributed by atoms with van der Waals surface area (Å²) in [5.74, 6) is -0.330. The number of ether oxygens (including phenoxy) is 3. The van der Waals surface area contributed by atoms with Crippen molar-refractivity contribution in [3.8, 4) is 0 Å². The van der Waals surface area contributed by atoms with E-state index in [9.17, 15) is 0 Å². The van der Waals surface area contributed by atoms with Crippen LogP contribution >= 0.6 is 46.6 Å². The summed E-state index contributed by atoms with van der Waals surface area (Å²) < 4.78 is 17.6. The molecule has 0 aromatic rings. The molecule has 2 heterocycles. The Labute approximate surface area is 182 Å². The van der Waals surface area contributed by atoms with Crippen LogP contribution in [0, 0.1) is 0 Å². The van der Waals surface area contributed by atoms with E-state index in [1.165, 1.54) is 25.7 Å². The number of halogens is 3. The van der Waals surface area contributed by atoms with Crippen molar-refractivity contribution >= 4 is 52.5 Å². The third kappa shape index (κ3) is 4.69. The van der Waals surface area contributed by atoms with Gasteiger partial charge in [-0.1, -0.05) is 74.3 Å². The molecule has 0 aromatic carbocycles. The maximum Gasteiger partial charge on any atom is 0.266 e. The molecule has 0 bridgehead atoms. The fraction of sp³-hybridized carbons (Fsp3) is 0.947. The predicted molar refractivity (Wildman–Crippen MR) is 114 cm³/mol. The first kappa shape index (κ1) is 22.3. The van der Waals surface area contributed by atoms with E-state index in [0.29, 0.717) is 0 Å². The number of unbranched alkanes of at least 4 members (excludes halogenated alkanes) is 4. The number of fused-ring (bicyclic) bond motifs is 3. The van der Waals surface area contributed by atoms with Crippen molar-refractivity contribution in [2.45, 2.75) is 104 Å². The highest BCUT2D eigenvalue weighted by Crippen LogP contribution is 2.51. The average Bonchev–Trinajstić information content (AvgIpc) is 3.24. The van der Waals surface area contributed by atoms with Gasteiger partial charge < -0.3 is 14.2 Å². The molecule has 0 amide bonds. The van der Waals surface area contributed by atoms with Crippen LogP contribution in [0.5, 0.6) is 0 Å². The van der Waals surface area contributed by atoms with E-state index in [4.69, 9.17) is 49.0 Å². The topological polar surface area (TPSA) is 40.0 Å². The van der Waals surface area contributed by atoms with Gasteiger partial charge >= 0.3 is 0 Å². The smallest absolute Gasteiger partial charge is 0.266 e. The first-order valence-electron chi connectivity index (χ1n) is 10.1. The van der Waals surface area contributed by atoms with Crippen LogP contribution in [0.4, 0.5) is 0 Å². The van der Waals surface area contributed by atoms with Crippen LogP contribution in [-0.4, -0.2) is 51.3 Å². The van der Waals surface area contributed by atoms with Gasteiger partial charge in [0.25, 0.3) is 3.79 Å². The molecule has 4 nitrogen and oxygen atoms in total. The van der Waals surface area contributed by atoms with Gasteiger partial charge in [-0.25, -0.2) is 4.99 Å². The molecule has 0 spiro atoms. The summed E-state index contributed by atoms with van der Waals surface area (Å²) in [5.41, 5.74) is 0. The van der Waals surface area contributed by atoms with E-state index in [0.717, 1.165) is 25.7 Å². The summed E-state index contributed by atoms with van der Waals surface area (Å²) in [6, 6.07) is -0.0927. The summed E-state index contributed by atoms with van der Waals surface area (Å²) in [7, 11) is 0. The Morgan fingerprint density at radius 2 is 1.56 bits per heavy atom. The molecule has 8 heteroatoms. The lowest BCUT2D eigenvalue weighted by molar-refractivity contribution is -0.197. The Kier molecular flexibility index (Phi) is 7.58. The molecule has 0 radical (unpaired) electrons. The average molecular weight is 459 g/mol. The highest BCUT2D eigenvalue weighted by atomic mass is 35.6. The molecule has 0 unspecified atom stereocenters. The highest BCUT2D eigenvalue weighted by Gasteiger charge is 2.64. The lowest BCUT2D eigenvalue weighted by Gasteiger charge is -2.31. The van der Waals surface area contributed by atoms with Gasteiger partial charge in [-0.2, -0.15) is 11.8 Å². The lowest BCUT2D eigenvalue weighted by atomic mass is 10.0. The minimum atomic E-state index is -1.64. The standard InChI is InChI=1S/C19H30Cl3NO3S/c1-4-6-8-10-18(11-9-7-5-2)25-14-13-12(16(27-3)15(14)26-18)23-17(24-13)19(20,21)22/h12-16H,4-11H2,1-3H3/t12-,13+,14+,15+,16+/m0/s1. The molecule has 2 fully saturated rings. The zero-order valence-electron chi connectivity index (χ0n) is 16.3. The van der Waals surface area contributed by atoms with Crippen LogP contribution in [-0.2, 0) is 14.2 Å². The van der Waals surface area contributed by atoms with Gasteiger partial charge in [0.1, 0.15) is 18.2 Å². The maximum atomic E-state index is 6.64. The third-order valence-electron chi connectivity index (χ3n) is 5.70. The molecule has 2 aliphatic heterocycles. The van der Waals surface area contributed by atoms with Crippen LogP contribution in [0.25, 0.3) is 0 Å². The van der Waals surface area contributed by atoms with Gasteiger partial charge in [-0.15, -0.1) is 0 Å². The van der Waals surface area contributed by atoms with Gasteiger partial charge in [0, 0.05) is 12.8 Å². The molecule has 3 rings (SSSR count).